The average Bonchev–Trinajstić information content (AvgIpc) is 2.27. The van der Waals surface area contributed by atoms with E-state index in [0.29, 0.717) is 26.4 Å². The highest BCUT2D eigenvalue weighted by Gasteiger charge is 2.29. The minimum Gasteiger partial charge on any atom is -0.385 e. The van der Waals surface area contributed by atoms with E-state index in [0.717, 1.165) is 0 Å². The highest BCUT2D eigenvalue weighted by Crippen LogP contribution is 2.10. The molecule has 98 valence electrons. The van der Waals surface area contributed by atoms with Crippen molar-refractivity contribution < 1.29 is 29.2 Å². The summed E-state index contributed by atoms with van der Waals surface area (Å²) in [4.78, 5) is 0. The number of methoxy groups -OCH3 is 2. The van der Waals surface area contributed by atoms with Crippen LogP contribution in [0.25, 0.3) is 0 Å². The second kappa shape index (κ2) is 8.86. The van der Waals surface area contributed by atoms with Gasteiger partial charge in [-0.2, -0.15) is 0 Å². The number of rotatable bonds is 10. The quantitative estimate of drug-likeness (QED) is 0.390. The number of aliphatic hydroxyl groups excluding tert-OH is 1. The van der Waals surface area contributed by atoms with E-state index in [1.165, 1.54) is 14.0 Å². The van der Waals surface area contributed by atoms with Crippen molar-refractivity contribution in [3.8, 4) is 0 Å². The van der Waals surface area contributed by atoms with Crippen LogP contribution in [-0.4, -0.2) is 69.4 Å². The molecular weight excluding hydrogens is 216 g/mol. The molecule has 0 rings (SSSR count). The molecule has 0 saturated heterocycles. The van der Waals surface area contributed by atoms with Gasteiger partial charge in [0.15, 0.2) is 5.79 Å². The predicted octanol–water partition coefficient (Wildman–Crippen LogP) is -0.618. The zero-order valence-electron chi connectivity index (χ0n) is 10.1. The first-order valence-electron chi connectivity index (χ1n) is 5.14. The average molecular weight is 238 g/mol. The monoisotopic (exact) mass is 238 g/mol. The highest BCUT2D eigenvalue weighted by molar-refractivity contribution is 4.70. The van der Waals surface area contributed by atoms with Crippen LogP contribution in [0, 0.1) is 0 Å². The van der Waals surface area contributed by atoms with Crippen molar-refractivity contribution in [2.75, 3.05) is 47.3 Å². The predicted molar refractivity (Wildman–Crippen MR) is 57.2 cm³/mol. The standard InChI is InChI=1S/C10H22O6/c1-10(12,14-3)9(11)8-16-7-6-15-5-4-13-2/h9,11-12H,4-8H2,1-3H3. The fourth-order valence-electron chi connectivity index (χ4n) is 0.848. The molecule has 6 nitrogen and oxygen atoms in total. The summed E-state index contributed by atoms with van der Waals surface area (Å²) in [5, 5.41) is 18.9. The molecule has 0 aromatic rings. The summed E-state index contributed by atoms with van der Waals surface area (Å²) in [6.07, 6.45) is -1.09. The third-order valence-corrected chi connectivity index (χ3v) is 2.11. The maximum atomic E-state index is 9.46. The molecule has 2 atom stereocenters. The zero-order valence-corrected chi connectivity index (χ0v) is 10.1. The van der Waals surface area contributed by atoms with Gasteiger partial charge in [-0.05, 0) is 6.92 Å². The van der Waals surface area contributed by atoms with Crippen LogP contribution in [0.5, 0.6) is 0 Å². The van der Waals surface area contributed by atoms with Crippen LogP contribution in [0.4, 0.5) is 0 Å². The van der Waals surface area contributed by atoms with Gasteiger partial charge in [0.1, 0.15) is 6.10 Å². The molecule has 0 heterocycles. The summed E-state index contributed by atoms with van der Waals surface area (Å²) >= 11 is 0. The summed E-state index contributed by atoms with van der Waals surface area (Å²) < 4.78 is 19.7. The molecule has 0 radical (unpaired) electrons. The van der Waals surface area contributed by atoms with E-state index in [2.05, 4.69) is 4.74 Å². The van der Waals surface area contributed by atoms with Crippen molar-refractivity contribution in [3.63, 3.8) is 0 Å². The molecule has 0 aliphatic heterocycles. The van der Waals surface area contributed by atoms with Crippen LogP contribution in [0.3, 0.4) is 0 Å². The Morgan fingerprint density at radius 3 is 2.19 bits per heavy atom. The highest BCUT2D eigenvalue weighted by atomic mass is 16.6. The molecule has 0 amide bonds. The topological polar surface area (TPSA) is 77.4 Å². The lowest BCUT2D eigenvalue weighted by molar-refractivity contribution is -0.240. The molecule has 0 bridgehead atoms. The molecule has 2 unspecified atom stereocenters. The van der Waals surface area contributed by atoms with Crippen molar-refractivity contribution in [2.45, 2.75) is 18.8 Å². The van der Waals surface area contributed by atoms with E-state index in [1.807, 2.05) is 0 Å². The van der Waals surface area contributed by atoms with Gasteiger partial charge in [0, 0.05) is 14.2 Å². The first-order valence-corrected chi connectivity index (χ1v) is 5.14. The van der Waals surface area contributed by atoms with Gasteiger partial charge < -0.3 is 29.2 Å². The molecular formula is C10H22O6. The molecule has 0 aliphatic rings. The van der Waals surface area contributed by atoms with Crippen molar-refractivity contribution in [2.24, 2.45) is 0 Å². The van der Waals surface area contributed by atoms with Crippen LogP contribution < -0.4 is 0 Å². The van der Waals surface area contributed by atoms with Crippen LogP contribution in [-0.2, 0) is 18.9 Å². The summed E-state index contributed by atoms with van der Waals surface area (Å²) in [7, 11) is 2.92. The van der Waals surface area contributed by atoms with E-state index in [9.17, 15) is 10.2 Å². The molecule has 0 aromatic heterocycles. The maximum Gasteiger partial charge on any atom is 0.191 e. The van der Waals surface area contributed by atoms with Gasteiger partial charge in [-0.15, -0.1) is 0 Å². The summed E-state index contributed by atoms with van der Waals surface area (Å²) in [5.41, 5.74) is 0. The molecule has 2 N–H and O–H groups in total. The lowest BCUT2D eigenvalue weighted by Crippen LogP contribution is -2.44. The van der Waals surface area contributed by atoms with Gasteiger partial charge in [0.05, 0.1) is 33.0 Å². The van der Waals surface area contributed by atoms with Gasteiger partial charge >= 0.3 is 0 Å². The Labute approximate surface area is 96.1 Å². The summed E-state index contributed by atoms with van der Waals surface area (Å²) in [5.74, 6) is -1.59. The molecule has 16 heavy (non-hydrogen) atoms. The third kappa shape index (κ3) is 7.10. The van der Waals surface area contributed by atoms with Crippen LogP contribution in [0.1, 0.15) is 6.92 Å². The number of hydrogen-bond acceptors (Lipinski definition) is 6. The van der Waals surface area contributed by atoms with E-state index < -0.39 is 11.9 Å². The van der Waals surface area contributed by atoms with Crippen molar-refractivity contribution >= 4 is 0 Å². The Bertz CT molecular complexity index is 161. The molecule has 0 spiro atoms. The van der Waals surface area contributed by atoms with Crippen LogP contribution in [0.15, 0.2) is 0 Å². The lowest BCUT2D eigenvalue weighted by Gasteiger charge is -2.26. The smallest absolute Gasteiger partial charge is 0.191 e. The minimum absolute atomic E-state index is 0.00548. The number of ether oxygens (including phenoxy) is 4. The molecule has 0 aliphatic carbocycles. The van der Waals surface area contributed by atoms with E-state index in [1.54, 1.807) is 7.11 Å². The van der Waals surface area contributed by atoms with Crippen molar-refractivity contribution in [1.82, 2.24) is 0 Å². The van der Waals surface area contributed by atoms with E-state index >= 15 is 0 Å². The van der Waals surface area contributed by atoms with Crippen molar-refractivity contribution in [3.05, 3.63) is 0 Å². The Kier molecular flexibility index (Phi) is 8.73. The Morgan fingerprint density at radius 2 is 1.62 bits per heavy atom. The van der Waals surface area contributed by atoms with E-state index in [4.69, 9.17) is 14.2 Å². The molecule has 0 saturated carbocycles. The Morgan fingerprint density at radius 1 is 1.06 bits per heavy atom. The first-order chi connectivity index (χ1) is 7.54. The van der Waals surface area contributed by atoms with Gasteiger partial charge in [0.2, 0.25) is 0 Å². The minimum atomic E-state index is -1.59. The van der Waals surface area contributed by atoms with Gasteiger partial charge in [-0.3, -0.25) is 0 Å². The second-order valence-corrected chi connectivity index (χ2v) is 3.45. The summed E-state index contributed by atoms with van der Waals surface area (Å²) in [6.45, 7) is 3.19. The fourth-order valence-corrected chi connectivity index (χ4v) is 0.848. The lowest BCUT2D eigenvalue weighted by atomic mass is 10.2. The number of aliphatic hydroxyl groups is 2. The number of hydrogen-bond donors (Lipinski definition) is 2. The molecule has 6 heteroatoms. The summed E-state index contributed by atoms with van der Waals surface area (Å²) in [6, 6.07) is 0. The normalized spacial score (nSPS) is 17.1. The van der Waals surface area contributed by atoms with Crippen LogP contribution in [0.2, 0.25) is 0 Å². The van der Waals surface area contributed by atoms with Gasteiger partial charge in [0.25, 0.3) is 0 Å². The molecule has 0 fully saturated rings. The molecule has 0 aromatic carbocycles. The van der Waals surface area contributed by atoms with Crippen molar-refractivity contribution in [1.29, 1.82) is 0 Å². The third-order valence-electron chi connectivity index (χ3n) is 2.11. The first kappa shape index (κ1) is 15.8. The Balaban J connectivity index is 3.38. The zero-order chi connectivity index (χ0) is 12.4. The Hall–Kier alpha value is -0.240. The van der Waals surface area contributed by atoms with Gasteiger partial charge in [-0.1, -0.05) is 0 Å². The fraction of sp³-hybridized carbons (Fsp3) is 1.00. The maximum absolute atomic E-state index is 9.46. The second-order valence-electron chi connectivity index (χ2n) is 3.45. The SMILES string of the molecule is COCCOCCOCC(O)C(C)(O)OC. The van der Waals surface area contributed by atoms with E-state index in [-0.39, 0.29) is 6.61 Å². The van der Waals surface area contributed by atoms with Gasteiger partial charge in [-0.25, -0.2) is 0 Å². The largest absolute Gasteiger partial charge is 0.385 e. The van der Waals surface area contributed by atoms with Crippen LogP contribution >= 0.6 is 0 Å².